The molecule has 0 aliphatic heterocycles. The molecule has 1 heterocycles. The summed E-state index contributed by atoms with van der Waals surface area (Å²) >= 11 is 0. The minimum absolute atomic E-state index is 0.0747. The molecule has 0 radical (unpaired) electrons. The van der Waals surface area contributed by atoms with Crippen LogP contribution >= 0.6 is 0 Å². The van der Waals surface area contributed by atoms with Crippen molar-refractivity contribution in [3.05, 3.63) is 36.0 Å². The predicted octanol–water partition coefficient (Wildman–Crippen LogP) is 1.38. The molecule has 0 saturated heterocycles. The third-order valence-corrected chi connectivity index (χ3v) is 3.10. The van der Waals surface area contributed by atoms with Gasteiger partial charge in [0.1, 0.15) is 0 Å². The van der Waals surface area contributed by atoms with Gasteiger partial charge in [0.2, 0.25) is 5.91 Å². The van der Waals surface area contributed by atoms with Crippen molar-refractivity contribution in [1.82, 2.24) is 15.2 Å². The summed E-state index contributed by atoms with van der Waals surface area (Å²) in [7, 11) is 1.56. The first kappa shape index (κ1) is 13.1. The summed E-state index contributed by atoms with van der Waals surface area (Å²) < 4.78 is 0. The third kappa shape index (κ3) is 2.59. The Labute approximate surface area is 111 Å². The summed E-state index contributed by atoms with van der Waals surface area (Å²) in [6, 6.07) is 7.62. The van der Waals surface area contributed by atoms with E-state index < -0.39 is 0 Å². The van der Waals surface area contributed by atoms with Crippen molar-refractivity contribution in [1.29, 1.82) is 0 Å². The van der Waals surface area contributed by atoms with Crippen LogP contribution in [0.1, 0.15) is 17.3 Å². The van der Waals surface area contributed by atoms with Crippen LogP contribution in [-0.4, -0.2) is 41.8 Å². The van der Waals surface area contributed by atoms with Crippen molar-refractivity contribution in [3.8, 4) is 0 Å². The number of carbonyl (C=O) groups excluding carboxylic acids is 2. The maximum absolute atomic E-state index is 12.4. The fourth-order valence-electron chi connectivity index (χ4n) is 2.00. The number of nitrogens with one attached hydrogen (secondary N) is 2. The first-order chi connectivity index (χ1) is 9.17. The number of amides is 2. The lowest BCUT2D eigenvalue weighted by Crippen LogP contribution is -2.39. The lowest BCUT2D eigenvalue weighted by molar-refractivity contribution is -0.121. The van der Waals surface area contributed by atoms with Crippen LogP contribution in [0.15, 0.2) is 30.5 Å². The van der Waals surface area contributed by atoms with Crippen LogP contribution in [0.25, 0.3) is 10.9 Å². The van der Waals surface area contributed by atoms with Crippen LogP contribution < -0.4 is 5.32 Å². The van der Waals surface area contributed by atoms with E-state index in [0.717, 1.165) is 10.9 Å². The number of nitrogens with zero attached hydrogens (tertiary/aromatic N) is 1. The van der Waals surface area contributed by atoms with Crippen LogP contribution in [0, 0.1) is 0 Å². The van der Waals surface area contributed by atoms with Crippen LogP contribution in [0.5, 0.6) is 0 Å². The van der Waals surface area contributed by atoms with Crippen LogP contribution in [0.2, 0.25) is 0 Å². The number of fused-ring (bicyclic) bond motifs is 1. The van der Waals surface area contributed by atoms with Gasteiger partial charge in [-0.1, -0.05) is 18.2 Å². The van der Waals surface area contributed by atoms with Gasteiger partial charge in [-0.15, -0.1) is 0 Å². The van der Waals surface area contributed by atoms with Crippen LogP contribution in [-0.2, 0) is 4.79 Å². The molecule has 0 aliphatic carbocycles. The Hall–Kier alpha value is -2.30. The highest BCUT2D eigenvalue weighted by Crippen LogP contribution is 2.19. The number of aromatic nitrogens is 1. The van der Waals surface area contributed by atoms with Crippen LogP contribution in [0.4, 0.5) is 0 Å². The number of benzene rings is 1. The molecule has 0 aliphatic rings. The largest absolute Gasteiger partial charge is 0.360 e. The average molecular weight is 259 g/mol. The molecular weight excluding hydrogens is 242 g/mol. The zero-order valence-electron chi connectivity index (χ0n) is 11.1. The Morgan fingerprint density at radius 3 is 2.74 bits per heavy atom. The molecule has 2 N–H and O–H groups in total. The normalized spacial score (nSPS) is 10.4. The first-order valence-electron chi connectivity index (χ1n) is 6.23. The molecule has 2 amide bonds. The topological polar surface area (TPSA) is 65.2 Å². The van der Waals surface area contributed by atoms with E-state index >= 15 is 0 Å². The molecule has 2 rings (SSSR count). The molecule has 0 bridgehead atoms. The van der Waals surface area contributed by atoms with E-state index in [1.165, 1.54) is 4.90 Å². The molecular formula is C14H17N3O2. The molecule has 1 aromatic heterocycles. The highest BCUT2D eigenvalue weighted by atomic mass is 16.2. The van der Waals surface area contributed by atoms with E-state index in [0.29, 0.717) is 12.1 Å². The van der Waals surface area contributed by atoms with Gasteiger partial charge in [0.25, 0.3) is 5.91 Å². The number of para-hydroxylation sites is 1. The second-order valence-corrected chi connectivity index (χ2v) is 4.24. The predicted molar refractivity (Wildman–Crippen MR) is 73.9 cm³/mol. The number of carbonyl (C=O) groups is 2. The van der Waals surface area contributed by atoms with E-state index in [1.807, 2.05) is 31.2 Å². The van der Waals surface area contributed by atoms with Gasteiger partial charge in [-0.2, -0.15) is 0 Å². The van der Waals surface area contributed by atoms with Gasteiger partial charge in [0, 0.05) is 30.7 Å². The summed E-state index contributed by atoms with van der Waals surface area (Å²) in [6.45, 7) is 2.42. The second-order valence-electron chi connectivity index (χ2n) is 4.24. The van der Waals surface area contributed by atoms with Gasteiger partial charge in [0.15, 0.2) is 0 Å². The highest BCUT2D eigenvalue weighted by Gasteiger charge is 2.19. The standard InChI is InChI=1S/C14H17N3O2/c1-3-17(9-13(18)15-2)14(19)11-8-16-12-7-5-4-6-10(11)12/h4-8,16H,3,9H2,1-2H3,(H,15,18). The maximum atomic E-state index is 12.4. The fourth-order valence-corrected chi connectivity index (χ4v) is 2.00. The van der Waals surface area contributed by atoms with Gasteiger partial charge in [-0.3, -0.25) is 9.59 Å². The molecule has 0 fully saturated rings. The third-order valence-electron chi connectivity index (χ3n) is 3.10. The number of rotatable bonds is 4. The lowest BCUT2D eigenvalue weighted by atomic mass is 10.1. The van der Waals surface area contributed by atoms with Crippen molar-refractivity contribution in [2.75, 3.05) is 20.1 Å². The SMILES string of the molecule is CCN(CC(=O)NC)C(=O)c1c[nH]c2ccccc12. The molecule has 5 heteroatoms. The lowest BCUT2D eigenvalue weighted by Gasteiger charge is -2.19. The van der Waals surface area contributed by atoms with Crippen molar-refractivity contribution in [2.45, 2.75) is 6.92 Å². The molecule has 0 spiro atoms. The second kappa shape index (κ2) is 5.56. The van der Waals surface area contributed by atoms with Gasteiger partial charge in [0.05, 0.1) is 12.1 Å². The van der Waals surface area contributed by atoms with E-state index in [2.05, 4.69) is 10.3 Å². The molecule has 0 saturated carbocycles. The van der Waals surface area contributed by atoms with Crippen molar-refractivity contribution in [3.63, 3.8) is 0 Å². The van der Waals surface area contributed by atoms with E-state index in [1.54, 1.807) is 13.2 Å². The molecule has 1 aromatic carbocycles. The molecule has 0 atom stereocenters. The number of aromatic amines is 1. The Bertz CT molecular complexity index is 604. The van der Waals surface area contributed by atoms with Crippen LogP contribution in [0.3, 0.4) is 0 Å². The molecule has 0 unspecified atom stereocenters. The van der Waals surface area contributed by atoms with Gasteiger partial charge in [-0.25, -0.2) is 0 Å². The van der Waals surface area contributed by atoms with Crippen molar-refractivity contribution < 1.29 is 9.59 Å². The Morgan fingerprint density at radius 1 is 1.32 bits per heavy atom. The Morgan fingerprint density at radius 2 is 2.05 bits per heavy atom. The zero-order valence-corrected chi connectivity index (χ0v) is 11.1. The van der Waals surface area contributed by atoms with E-state index in [4.69, 9.17) is 0 Å². The zero-order chi connectivity index (χ0) is 13.8. The number of H-pyrrole nitrogens is 1. The summed E-state index contributed by atoms with van der Waals surface area (Å²) in [4.78, 5) is 28.4. The maximum Gasteiger partial charge on any atom is 0.256 e. The van der Waals surface area contributed by atoms with Gasteiger partial charge >= 0.3 is 0 Å². The van der Waals surface area contributed by atoms with Crippen molar-refractivity contribution in [2.24, 2.45) is 0 Å². The number of hydrogen-bond donors (Lipinski definition) is 2. The summed E-state index contributed by atoms with van der Waals surface area (Å²) in [5.41, 5.74) is 1.52. The fraction of sp³-hybridized carbons (Fsp3) is 0.286. The minimum Gasteiger partial charge on any atom is -0.360 e. The summed E-state index contributed by atoms with van der Waals surface area (Å²) in [6.07, 6.45) is 1.69. The smallest absolute Gasteiger partial charge is 0.256 e. The Kier molecular flexibility index (Phi) is 3.85. The summed E-state index contributed by atoms with van der Waals surface area (Å²) in [5, 5.41) is 3.40. The number of likely N-dealkylation sites (N-methyl/N-ethyl adjacent to an activating group) is 2. The Balaban J connectivity index is 2.29. The average Bonchev–Trinajstić information content (AvgIpc) is 2.87. The summed E-state index contributed by atoms with van der Waals surface area (Å²) in [5.74, 6) is -0.307. The first-order valence-corrected chi connectivity index (χ1v) is 6.23. The quantitative estimate of drug-likeness (QED) is 0.871. The number of hydrogen-bond acceptors (Lipinski definition) is 2. The highest BCUT2D eigenvalue weighted by molar-refractivity contribution is 6.07. The molecule has 5 nitrogen and oxygen atoms in total. The molecule has 2 aromatic rings. The molecule has 100 valence electrons. The van der Waals surface area contributed by atoms with E-state index in [-0.39, 0.29) is 18.4 Å². The van der Waals surface area contributed by atoms with Crippen molar-refractivity contribution >= 4 is 22.7 Å². The van der Waals surface area contributed by atoms with E-state index in [9.17, 15) is 9.59 Å². The molecule has 19 heavy (non-hydrogen) atoms. The minimum atomic E-state index is -0.171. The van der Waals surface area contributed by atoms with Gasteiger partial charge < -0.3 is 15.2 Å². The monoisotopic (exact) mass is 259 g/mol. The van der Waals surface area contributed by atoms with Gasteiger partial charge in [-0.05, 0) is 13.0 Å².